The van der Waals surface area contributed by atoms with Crippen molar-refractivity contribution in [1.82, 2.24) is 0 Å². The summed E-state index contributed by atoms with van der Waals surface area (Å²) in [6.45, 7) is 1.70. The molecule has 0 amide bonds. The summed E-state index contributed by atoms with van der Waals surface area (Å²) in [5.74, 6) is -0.763. The van der Waals surface area contributed by atoms with E-state index in [0.29, 0.717) is 18.6 Å². The van der Waals surface area contributed by atoms with Gasteiger partial charge in [-0.05, 0) is 25.8 Å². The first kappa shape index (κ1) is 16.2. The normalized spacial score (nSPS) is 24.7. The molecule has 3 unspecified atom stereocenters. The largest absolute Gasteiger partial charge is 0.497 e. The lowest BCUT2D eigenvalue weighted by Crippen LogP contribution is -2.46. The van der Waals surface area contributed by atoms with E-state index in [1.165, 1.54) is 14.2 Å². The Morgan fingerprint density at radius 2 is 1.84 bits per heavy atom. The van der Waals surface area contributed by atoms with E-state index in [0.717, 1.165) is 0 Å². The van der Waals surface area contributed by atoms with Crippen LogP contribution in [0.4, 0.5) is 0 Å². The number of aliphatic hydroxyl groups is 2. The van der Waals surface area contributed by atoms with Gasteiger partial charge in [0.15, 0.2) is 5.79 Å². The Bertz CT molecular complexity index is 331. The van der Waals surface area contributed by atoms with Gasteiger partial charge in [-0.25, -0.2) is 0 Å². The van der Waals surface area contributed by atoms with Crippen LogP contribution in [0.3, 0.4) is 0 Å². The van der Waals surface area contributed by atoms with Crippen LogP contribution in [0.15, 0.2) is 24.0 Å². The summed E-state index contributed by atoms with van der Waals surface area (Å²) in [5.41, 5.74) is 0. The molecule has 5 nitrogen and oxygen atoms in total. The lowest BCUT2D eigenvalue weighted by molar-refractivity contribution is -0.214. The highest BCUT2D eigenvalue weighted by Gasteiger charge is 2.42. The van der Waals surface area contributed by atoms with Crippen molar-refractivity contribution in [3.63, 3.8) is 0 Å². The molecule has 0 saturated carbocycles. The Labute approximate surface area is 114 Å². The van der Waals surface area contributed by atoms with Crippen LogP contribution < -0.4 is 0 Å². The highest BCUT2D eigenvalue weighted by atomic mass is 16.7. The lowest BCUT2D eigenvalue weighted by Gasteiger charge is -2.39. The maximum absolute atomic E-state index is 10.3. The van der Waals surface area contributed by atoms with Gasteiger partial charge >= 0.3 is 0 Å². The van der Waals surface area contributed by atoms with Crippen LogP contribution in [0.1, 0.15) is 19.8 Å². The van der Waals surface area contributed by atoms with E-state index in [2.05, 4.69) is 0 Å². The topological polar surface area (TPSA) is 68.2 Å². The highest BCUT2D eigenvalue weighted by molar-refractivity contribution is 5.25. The molecular weight excluding hydrogens is 248 g/mol. The standard InChI is InChI=1S/C14H24O5/c1-10(15)5-8-13(16)12-7-6-11(17-2)9-14(12,18-3)19-4/h6-7,9-10,12-13,15-16H,5,8H2,1-4H3. The minimum Gasteiger partial charge on any atom is -0.497 e. The fourth-order valence-corrected chi connectivity index (χ4v) is 2.26. The third kappa shape index (κ3) is 3.79. The Kier molecular flexibility index (Phi) is 6.00. The minimum absolute atomic E-state index is 0.347. The Morgan fingerprint density at radius 3 is 2.32 bits per heavy atom. The molecule has 0 fully saturated rings. The Morgan fingerprint density at radius 1 is 1.21 bits per heavy atom. The van der Waals surface area contributed by atoms with Gasteiger partial charge < -0.3 is 24.4 Å². The predicted molar refractivity (Wildman–Crippen MR) is 71.4 cm³/mol. The van der Waals surface area contributed by atoms with Crippen molar-refractivity contribution in [1.29, 1.82) is 0 Å². The molecular formula is C14H24O5. The molecule has 1 aliphatic rings. The second-order valence-electron chi connectivity index (χ2n) is 4.76. The molecule has 0 radical (unpaired) electrons. The summed E-state index contributed by atoms with van der Waals surface area (Å²) in [6.07, 6.45) is 5.20. The monoisotopic (exact) mass is 272 g/mol. The number of hydrogen-bond donors (Lipinski definition) is 2. The zero-order valence-corrected chi connectivity index (χ0v) is 12.0. The number of methoxy groups -OCH3 is 3. The number of aliphatic hydroxyl groups excluding tert-OH is 2. The highest BCUT2D eigenvalue weighted by Crippen LogP contribution is 2.35. The number of rotatable bonds is 7. The lowest BCUT2D eigenvalue weighted by atomic mass is 9.85. The fourth-order valence-electron chi connectivity index (χ4n) is 2.26. The molecule has 1 rings (SSSR count). The number of ether oxygens (including phenoxy) is 3. The van der Waals surface area contributed by atoms with E-state index in [1.807, 2.05) is 6.08 Å². The molecule has 19 heavy (non-hydrogen) atoms. The first-order valence-corrected chi connectivity index (χ1v) is 6.40. The van der Waals surface area contributed by atoms with Crippen LogP contribution in [0, 0.1) is 5.92 Å². The quantitative estimate of drug-likeness (QED) is 0.682. The van der Waals surface area contributed by atoms with E-state index in [1.54, 1.807) is 26.2 Å². The van der Waals surface area contributed by atoms with Gasteiger partial charge in [-0.2, -0.15) is 0 Å². The van der Waals surface area contributed by atoms with Gasteiger partial charge in [-0.1, -0.05) is 6.08 Å². The minimum atomic E-state index is -1.04. The zero-order valence-electron chi connectivity index (χ0n) is 12.0. The first-order chi connectivity index (χ1) is 8.99. The van der Waals surface area contributed by atoms with E-state index in [-0.39, 0.29) is 5.92 Å². The van der Waals surface area contributed by atoms with Gasteiger partial charge in [0.05, 0.1) is 25.2 Å². The predicted octanol–water partition coefficient (Wildman–Crippen LogP) is 1.21. The molecule has 1 aliphatic carbocycles. The van der Waals surface area contributed by atoms with Crippen LogP contribution in [0.25, 0.3) is 0 Å². The van der Waals surface area contributed by atoms with Gasteiger partial charge in [-0.15, -0.1) is 0 Å². The molecule has 0 heterocycles. The third-order valence-corrected chi connectivity index (χ3v) is 3.44. The van der Waals surface area contributed by atoms with E-state index < -0.39 is 18.0 Å². The molecule has 0 saturated heterocycles. The summed E-state index contributed by atoms with van der Waals surface area (Å²) < 4.78 is 16.1. The van der Waals surface area contributed by atoms with E-state index in [9.17, 15) is 10.2 Å². The second kappa shape index (κ2) is 7.05. The van der Waals surface area contributed by atoms with Gasteiger partial charge in [0.2, 0.25) is 0 Å². The maximum atomic E-state index is 10.3. The SMILES string of the molecule is COC1=CC(OC)(OC)C(C(O)CCC(C)O)C=C1. The van der Waals surface area contributed by atoms with Gasteiger partial charge in [-0.3, -0.25) is 0 Å². The van der Waals surface area contributed by atoms with Crippen molar-refractivity contribution in [3.05, 3.63) is 24.0 Å². The Hall–Kier alpha value is -0.880. The van der Waals surface area contributed by atoms with Crippen molar-refractivity contribution >= 4 is 0 Å². The van der Waals surface area contributed by atoms with Crippen LogP contribution in [-0.2, 0) is 14.2 Å². The molecule has 0 aromatic heterocycles. The van der Waals surface area contributed by atoms with Crippen molar-refractivity contribution in [2.24, 2.45) is 5.92 Å². The fraction of sp³-hybridized carbons (Fsp3) is 0.714. The van der Waals surface area contributed by atoms with Gasteiger partial charge in [0, 0.05) is 20.3 Å². The molecule has 0 aromatic rings. The van der Waals surface area contributed by atoms with Crippen LogP contribution in [-0.4, -0.2) is 49.5 Å². The first-order valence-electron chi connectivity index (χ1n) is 6.40. The summed E-state index contributed by atoms with van der Waals surface area (Å²) >= 11 is 0. The molecule has 0 aromatic carbocycles. The van der Waals surface area contributed by atoms with Crippen LogP contribution in [0.2, 0.25) is 0 Å². The molecule has 5 heteroatoms. The maximum Gasteiger partial charge on any atom is 0.200 e. The summed E-state index contributed by atoms with van der Waals surface area (Å²) in [7, 11) is 4.62. The average molecular weight is 272 g/mol. The molecule has 2 N–H and O–H groups in total. The number of hydrogen-bond acceptors (Lipinski definition) is 5. The second-order valence-corrected chi connectivity index (χ2v) is 4.76. The van der Waals surface area contributed by atoms with Gasteiger partial charge in [0.1, 0.15) is 5.76 Å². The van der Waals surface area contributed by atoms with E-state index in [4.69, 9.17) is 14.2 Å². The summed E-state index contributed by atoms with van der Waals surface area (Å²) in [4.78, 5) is 0. The van der Waals surface area contributed by atoms with Gasteiger partial charge in [0.25, 0.3) is 0 Å². The third-order valence-electron chi connectivity index (χ3n) is 3.44. The van der Waals surface area contributed by atoms with Crippen molar-refractivity contribution < 1.29 is 24.4 Å². The van der Waals surface area contributed by atoms with Crippen molar-refractivity contribution in [2.45, 2.75) is 37.8 Å². The summed E-state index contributed by atoms with van der Waals surface area (Å²) in [6, 6.07) is 0. The number of allylic oxidation sites excluding steroid dienone is 1. The van der Waals surface area contributed by atoms with E-state index >= 15 is 0 Å². The molecule has 3 atom stereocenters. The van der Waals surface area contributed by atoms with Crippen molar-refractivity contribution in [2.75, 3.05) is 21.3 Å². The Balaban J connectivity index is 2.87. The summed E-state index contributed by atoms with van der Waals surface area (Å²) in [5, 5.41) is 19.6. The van der Waals surface area contributed by atoms with Crippen LogP contribution >= 0.6 is 0 Å². The van der Waals surface area contributed by atoms with Crippen molar-refractivity contribution in [3.8, 4) is 0 Å². The molecule has 0 bridgehead atoms. The van der Waals surface area contributed by atoms with Crippen LogP contribution in [0.5, 0.6) is 0 Å². The molecule has 110 valence electrons. The molecule has 0 aliphatic heterocycles. The average Bonchev–Trinajstić information content (AvgIpc) is 2.43. The molecule has 0 spiro atoms. The zero-order chi connectivity index (χ0) is 14.5. The smallest absolute Gasteiger partial charge is 0.200 e.